The molecule has 0 N–H and O–H groups in total. The Kier molecular flexibility index (Phi) is 3.96. The second kappa shape index (κ2) is 5.86. The molecule has 0 unspecified atom stereocenters. The zero-order chi connectivity index (χ0) is 13.1. The van der Waals surface area contributed by atoms with Gasteiger partial charge in [0.05, 0.1) is 0 Å². The molecule has 1 aliphatic heterocycles. The molecule has 3 heterocycles. The molecule has 0 aromatic carbocycles. The van der Waals surface area contributed by atoms with Crippen molar-refractivity contribution in [3.05, 3.63) is 40.6 Å². The molecule has 1 aliphatic rings. The highest BCUT2D eigenvalue weighted by atomic mass is 35.5. The van der Waals surface area contributed by atoms with Gasteiger partial charge in [0.15, 0.2) is 5.13 Å². The number of nitrogens with zero attached hydrogens (tertiary/aromatic N) is 4. The van der Waals surface area contributed by atoms with Crippen molar-refractivity contribution in [2.45, 2.75) is 6.54 Å². The molecule has 0 amide bonds. The molecule has 0 aliphatic carbocycles. The summed E-state index contributed by atoms with van der Waals surface area (Å²) < 4.78 is 0. The number of thiazole rings is 1. The quantitative estimate of drug-likeness (QED) is 0.814. The van der Waals surface area contributed by atoms with Crippen LogP contribution < -0.4 is 4.90 Å². The summed E-state index contributed by atoms with van der Waals surface area (Å²) in [6, 6.07) is 3.98. The van der Waals surface area contributed by atoms with Gasteiger partial charge in [-0.1, -0.05) is 17.7 Å². The van der Waals surface area contributed by atoms with Crippen molar-refractivity contribution >= 4 is 28.1 Å². The maximum Gasteiger partial charge on any atom is 0.185 e. The largest absolute Gasteiger partial charge is 0.346 e. The van der Waals surface area contributed by atoms with Crippen LogP contribution in [0.3, 0.4) is 0 Å². The molecule has 100 valence electrons. The van der Waals surface area contributed by atoms with Crippen LogP contribution in [0.1, 0.15) is 5.56 Å². The Bertz CT molecular complexity index is 523. The Morgan fingerprint density at radius 2 is 2.00 bits per heavy atom. The molecule has 19 heavy (non-hydrogen) atoms. The standard InChI is InChI=1S/C13H15ClN4S/c14-12-11(2-1-3-15-12)10-17-5-7-18(8-6-17)13-16-4-9-19-13/h1-4,9H,5-8,10H2. The summed E-state index contributed by atoms with van der Waals surface area (Å²) >= 11 is 7.80. The van der Waals surface area contributed by atoms with E-state index in [2.05, 4.69) is 19.8 Å². The van der Waals surface area contributed by atoms with Gasteiger partial charge in [-0.3, -0.25) is 4.90 Å². The van der Waals surface area contributed by atoms with Gasteiger partial charge in [-0.2, -0.15) is 0 Å². The van der Waals surface area contributed by atoms with Crippen LogP contribution in [0, 0.1) is 0 Å². The van der Waals surface area contributed by atoms with Crippen LogP contribution in [0.4, 0.5) is 5.13 Å². The van der Waals surface area contributed by atoms with Crippen molar-refractivity contribution in [1.82, 2.24) is 14.9 Å². The van der Waals surface area contributed by atoms with Crippen LogP contribution in [0.25, 0.3) is 0 Å². The van der Waals surface area contributed by atoms with Gasteiger partial charge >= 0.3 is 0 Å². The van der Waals surface area contributed by atoms with Crippen molar-refractivity contribution in [3.63, 3.8) is 0 Å². The lowest BCUT2D eigenvalue weighted by Gasteiger charge is -2.34. The van der Waals surface area contributed by atoms with Crippen molar-refractivity contribution in [2.75, 3.05) is 31.1 Å². The van der Waals surface area contributed by atoms with Crippen molar-refractivity contribution in [2.24, 2.45) is 0 Å². The highest BCUT2D eigenvalue weighted by molar-refractivity contribution is 7.13. The number of anilines is 1. The van der Waals surface area contributed by atoms with E-state index in [9.17, 15) is 0 Å². The van der Waals surface area contributed by atoms with Gasteiger partial charge in [-0.05, 0) is 6.07 Å². The number of aromatic nitrogens is 2. The Morgan fingerprint density at radius 1 is 1.16 bits per heavy atom. The third kappa shape index (κ3) is 3.05. The molecule has 4 nitrogen and oxygen atoms in total. The molecule has 0 atom stereocenters. The molecule has 0 spiro atoms. The molecule has 0 radical (unpaired) electrons. The van der Waals surface area contributed by atoms with Crippen molar-refractivity contribution < 1.29 is 0 Å². The molecule has 0 bridgehead atoms. The molecular formula is C13H15ClN4S. The number of hydrogen-bond acceptors (Lipinski definition) is 5. The summed E-state index contributed by atoms with van der Waals surface area (Å²) in [5.41, 5.74) is 1.10. The van der Waals surface area contributed by atoms with E-state index in [0.717, 1.165) is 43.4 Å². The van der Waals surface area contributed by atoms with E-state index in [1.165, 1.54) is 0 Å². The average molecular weight is 295 g/mol. The maximum atomic E-state index is 6.10. The highest BCUT2D eigenvalue weighted by Crippen LogP contribution is 2.20. The SMILES string of the molecule is Clc1ncccc1CN1CCN(c2nccs2)CC1. The first-order chi connectivity index (χ1) is 9.33. The minimum Gasteiger partial charge on any atom is -0.346 e. The fourth-order valence-corrected chi connectivity index (χ4v) is 3.12. The summed E-state index contributed by atoms with van der Waals surface area (Å²) in [5.74, 6) is 0. The average Bonchev–Trinajstić information content (AvgIpc) is 2.96. The lowest BCUT2D eigenvalue weighted by Crippen LogP contribution is -2.45. The lowest BCUT2D eigenvalue weighted by atomic mass is 10.2. The second-order valence-electron chi connectivity index (χ2n) is 4.53. The first-order valence-corrected chi connectivity index (χ1v) is 7.55. The smallest absolute Gasteiger partial charge is 0.185 e. The third-order valence-corrected chi connectivity index (χ3v) is 4.46. The molecule has 1 fully saturated rings. The summed E-state index contributed by atoms with van der Waals surface area (Å²) in [4.78, 5) is 13.2. The molecule has 0 saturated carbocycles. The van der Waals surface area contributed by atoms with Crippen molar-refractivity contribution in [1.29, 1.82) is 0 Å². The first kappa shape index (κ1) is 12.8. The minimum absolute atomic E-state index is 0.616. The monoisotopic (exact) mass is 294 g/mol. The molecule has 2 aromatic heterocycles. The minimum atomic E-state index is 0.616. The van der Waals surface area contributed by atoms with Gasteiger partial charge in [0, 0.05) is 56.1 Å². The number of pyridine rings is 1. The normalized spacial score (nSPS) is 16.8. The summed E-state index contributed by atoms with van der Waals surface area (Å²) in [6.07, 6.45) is 3.59. The van der Waals surface area contributed by atoms with Gasteiger partial charge in [0.25, 0.3) is 0 Å². The number of halogens is 1. The van der Waals surface area contributed by atoms with Gasteiger partial charge in [-0.25, -0.2) is 9.97 Å². The Hall–Kier alpha value is -1.17. The number of hydrogen-bond donors (Lipinski definition) is 0. The molecular weight excluding hydrogens is 280 g/mol. The van der Waals surface area contributed by atoms with E-state index in [0.29, 0.717) is 5.15 Å². The lowest BCUT2D eigenvalue weighted by molar-refractivity contribution is 0.249. The number of piperazine rings is 1. The molecule has 1 saturated heterocycles. The second-order valence-corrected chi connectivity index (χ2v) is 5.76. The summed E-state index contributed by atoms with van der Waals surface area (Å²) in [5, 5.41) is 3.76. The third-order valence-electron chi connectivity index (χ3n) is 3.29. The maximum absolute atomic E-state index is 6.10. The van der Waals surface area contributed by atoms with Crippen LogP contribution in [-0.4, -0.2) is 41.0 Å². The Labute approximate surface area is 121 Å². The van der Waals surface area contributed by atoms with E-state index in [1.807, 2.05) is 23.7 Å². The van der Waals surface area contributed by atoms with Gasteiger partial charge < -0.3 is 4.90 Å². The summed E-state index contributed by atoms with van der Waals surface area (Å²) in [6.45, 7) is 4.98. The zero-order valence-electron chi connectivity index (χ0n) is 10.5. The van der Waals surface area contributed by atoms with Gasteiger partial charge in [0.1, 0.15) is 5.15 Å². The van der Waals surface area contributed by atoms with Gasteiger partial charge in [-0.15, -0.1) is 11.3 Å². The topological polar surface area (TPSA) is 32.3 Å². The van der Waals surface area contributed by atoms with Crippen LogP contribution in [0.15, 0.2) is 29.9 Å². The van der Waals surface area contributed by atoms with Crippen LogP contribution in [0.5, 0.6) is 0 Å². The summed E-state index contributed by atoms with van der Waals surface area (Å²) in [7, 11) is 0. The van der Waals surface area contributed by atoms with E-state index in [4.69, 9.17) is 11.6 Å². The number of rotatable bonds is 3. The van der Waals surface area contributed by atoms with Crippen LogP contribution >= 0.6 is 22.9 Å². The predicted octanol–water partition coefficient (Wildman–Crippen LogP) is 2.51. The van der Waals surface area contributed by atoms with E-state index in [1.54, 1.807) is 17.5 Å². The van der Waals surface area contributed by atoms with Gasteiger partial charge in [0.2, 0.25) is 0 Å². The Balaban J connectivity index is 1.57. The molecule has 3 rings (SSSR count). The van der Waals surface area contributed by atoms with Crippen LogP contribution in [-0.2, 0) is 6.54 Å². The van der Waals surface area contributed by atoms with E-state index < -0.39 is 0 Å². The van der Waals surface area contributed by atoms with E-state index in [-0.39, 0.29) is 0 Å². The fraction of sp³-hybridized carbons (Fsp3) is 0.385. The predicted molar refractivity (Wildman–Crippen MR) is 78.9 cm³/mol. The molecule has 6 heteroatoms. The highest BCUT2D eigenvalue weighted by Gasteiger charge is 2.19. The molecule has 2 aromatic rings. The first-order valence-electron chi connectivity index (χ1n) is 6.29. The fourth-order valence-electron chi connectivity index (χ4n) is 2.25. The Morgan fingerprint density at radius 3 is 2.68 bits per heavy atom. The zero-order valence-corrected chi connectivity index (χ0v) is 12.1. The van der Waals surface area contributed by atoms with E-state index >= 15 is 0 Å². The van der Waals surface area contributed by atoms with Crippen LogP contribution in [0.2, 0.25) is 5.15 Å². The van der Waals surface area contributed by atoms with Crippen molar-refractivity contribution in [3.8, 4) is 0 Å².